The minimum Gasteiger partial charge on any atom is -0.504 e. The van der Waals surface area contributed by atoms with Crippen LogP contribution in [0.1, 0.15) is 5.56 Å². The van der Waals surface area contributed by atoms with Crippen molar-refractivity contribution in [3.63, 3.8) is 0 Å². The van der Waals surface area contributed by atoms with Crippen LogP contribution in [0.3, 0.4) is 0 Å². The van der Waals surface area contributed by atoms with Gasteiger partial charge in [0.15, 0.2) is 11.5 Å². The zero-order valence-electron chi connectivity index (χ0n) is 13.6. The zero-order valence-corrected chi connectivity index (χ0v) is 13.6. The molecule has 130 valence electrons. The molecular weight excluding hydrogens is 326 g/mol. The number of aromatic hydroxyl groups is 1. The molecule has 8 nitrogen and oxygen atoms in total. The van der Waals surface area contributed by atoms with Crippen molar-refractivity contribution in [2.45, 2.75) is 0 Å². The van der Waals surface area contributed by atoms with Crippen LogP contribution in [0.5, 0.6) is 17.2 Å². The predicted molar refractivity (Wildman–Crippen MR) is 92.0 cm³/mol. The summed E-state index contributed by atoms with van der Waals surface area (Å²) in [5.74, 6) is -1.15. The predicted octanol–water partition coefficient (Wildman–Crippen LogP) is 1.50. The number of hydrogen-bond acceptors (Lipinski definition) is 6. The molecule has 0 spiro atoms. The Bertz CT molecular complexity index is 805. The van der Waals surface area contributed by atoms with Crippen LogP contribution in [-0.2, 0) is 9.59 Å². The first-order valence-electron chi connectivity index (χ1n) is 7.19. The highest BCUT2D eigenvalue weighted by atomic mass is 16.5. The Morgan fingerprint density at radius 1 is 1.08 bits per heavy atom. The summed E-state index contributed by atoms with van der Waals surface area (Å²) in [7, 11) is 2.91. The number of phenols is 1. The Balaban J connectivity index is 1.96. The molecule has 8 heteroatoms. The monoisotopic (exact) mass is 343 g/mol. The molecule has 0 radical (unpaired) electrons. The van der Waals surface area contributed by atoms with Crippen molar-refractivity contribution in [3.8, 4) is 17.2 Å². The van der Waals surface area contributed by atoms with E-state index in [2.05, 4.69) is 15.8 Å². The van der Waals surface area contributed by atoms with Crippen molar-refractivity contribution in [2.24, 2.45) is 5.10 Å². The number of hydrazone groups is 1. The lowest BCUT2D eigenvalue weighted by Crippen LogP contribution is -2.32. The van der Waals surface area contributed by atoms with Crippen LogP contribution in [0.25, 0.3) is 0 Å². The second kappa shape index (κ2) is 8.34. The molecule has 0 aliphatic heterocycles. The Morgan fingerprint density at radius 3 is 2.56 bits per heavy atom. The van der Waals surface area contributed by atoms with Crippen molar-refractivity contribution >= 4 is 23.7 Å². The zero-order chi connectivity index (χ0) is 18.2. The summed E-state index contributed by atoms with van der Waals surface area (Å²) in [6.45, 7) is 0. The highest BCUT2D eigenvalue weighted by Crippen LogP contribution is 2.27. The van der Waals surface area contributed by atoms with Gasteiger partial charge in [0.05, 0.1) is 20.4 Å². The first-order chi connectivity index (χ1) is 12.0. The molecular formula is C17H17N3O5. The lowest BCUT2D eigenvalue weighted by molar-refractivity contribution is -0.136. The Labute approximate surface area is 144 Å². The van der Waals surface area contributed by atoms with Gasteiger partial charge >= 0.3 is 11.8 Å². The van der Waals surface area contributed by atoms with E-state index in [4.69, 9.17) is 9.47 Å². The summed E-state index contributed by atoms with van der Waals surface area (Å²) in [6.07, 6.45) is 1.20. The van der Waals surface area contributed by atoms with Crippen molar-refractivity contribution in [1.29, 1.82) is 0 Å². The molecule has 0 aromatic heterocycles. The van der Waals surface area contributed by atoms with Gasteiger partial charge in [-0.2, -0.15) is 5.10 Å². The van der Waals surface area contributed by atoms with E-state index in [-0.39, 0.29) is 11.5 Å². The second-order valence-electron chi connectivity index (χ2n) is 4.78. The molecule has 0 bridgehead atoms. The molecule has 0 fully saturated rings. The smallest absolute Gasteiger partial charge is 0.329 e. The average Bonchev–Trinajstić information content (AvgIpc) is 2.63. The SMILES string of the molecule is COc1cccc(NC(=O)C(=O)N/N=C/c2cccc(OC)c2O)c1. The number of phenolic OH excluding ortho intramolecular Hbond substituents is 1. The molecule has 0 unspecified atom stereocenters. The largest absolute Gasteiger partial charge is 0.504 e. The maximum atomic E-state index is 11.8. The third kappa shape index (κ3) is 4.71. The number of hydrogen-bond donors (Lipinski definition) is 3. The lowest BCUT2D eigenvalue weighted by atomic mass is 10.2. The van der Waals surface area contributed by atoms with Gasteiger partial charge in [-0.05, 0) is 24.3 Å². The minimum atomic E-state index is -0.957. The number of ether oxygens (including phenoxy) is 2. The standard InChI is InChI=1S/C17H17N3O5/c1-24-13-7-4-6-12(9-13)19-16(22)17(23)20-18-10-11-5-3-8-14(25-2)15(11)21/h3-10,21H,1-2H3,(H,19,22)(H,20,23)/b18-10+. The summed E-state index contributed by atoms with van der Waals surface area (Å²) < 4.78 is 9.99. The fourth-order valence-corrected chi connectivity index (χ4v) is 1.91. The van der Waals surface area contributed by atoms with E-state index < -0.39 is 11.8 Å². The Hall–Kier alpha value is -3.55. The van der Waals surface area contributed by atoms with Gasteiger partial charge in [-0.25, -0.2) is 5.43 Å². The van der Waals surface area contributed by atoms with Gasteiger partial charge < -0.3 is 19.9 Å². The van der Waals surface area contributed by atoms with Crippen LogP contribution < -0.4 is 20.2 Å². The molecule has 2 aromatic carbocycles. The third-order valence-corrected chi connectivity index (χ3v) is 3.15. The number of amides is 2. The van der Waals surface area contributed by atoms with Crippen LogP contribution in [-0.4, -0.2) is 37.4 Å². The first-order valence-corrected chi connectivity index (χ1v) is 7.19. The fourth-order valence-electron chi connectivity index (χ4n) is 1.91. The molecule has 0 saturated heterocycles. The first kappa shape index (κ1) is 17.8. The van der Waals surface area contributed by atoms with Gasteiger partial charge in [-0.3, -0.25) is 9.59 Å². The molecule has 0 saturated carbocycles. The van der Waals surface area contributed by atoms with Crippen LogP contribution in [0.2, 0.25) is 0 Å². The summed E-state index contributed by atoms with van der Waals surface area (Å²) in [5, 5.41) is 16.0. The van der Waals surface area contributed by atoms with Gasteiger partial charge in [-0.15, -0.1) is 0 Å². The number of nitrogens with one attached hydrogen (secondary N) is 2. The van der Waals surface area contributed by atoms with Gasteiger partial charge in [0.2, 0.25) is 0 Å². The van der Waals surface area contributed by atoms with Crippen LogP contribution in [0.15, 0.2) is 47.6 Å². The van der Waals surface area contributed by atoms with Crippen LogP contribution >= 0.6 is 0 Å². The van der Waals surface area contributed by atoms with E-state index in [1.165, 1.54) is 20.4 Å². The molecule has 3 N–H and O–H groups in total. The quantitative estimate of drug-likeness (QED) is 0.433. The van der Waals surface area contributed by atoms with Gasteiger partial charge in [-0.1, -0.05) is 12.1 Å². The third-order valence-electron chi connectivity index (χ3n) is 3.15. The number of carbonyl (C=O) groups is 2. The van der Waals surface area contributed by atoms with Crippen molar-refractivity contribution < 1.29 is 24.2 Å². The summed E-state index contributed by atoms with van der Waals surface area (Å²) in [6, 6.07) is 11.4. The van der Waals surface area contributed by atoms with Crippen LogP contribution in [0.4, 0.5) is 5.69 Å². The fraction of sp³-hybridized carbons (Fsp3) is 0.118. The number of anilines is 1. The highest BCUT2D eigenvalue weighted by Gasteiger charge is 2.13. The van der Waals surface area contributed by atoms with Gasteiger partial charge in [0, 0.05) is 17.3 Å². The van der Waals surface area contributed by atoms with E-state index in [1.807, 2.05) is 0 Å². The molecule has 0 aliphatic rings. The van der Waals surface area contributed by atoms with Gasteiger partial charge in [0.25, 0.3) is 0 Å². The molecule has 0 heterocycles. The molecule has 2 amide bonds. The average molecular weight is 343 g/mol. The number of rotatable bonds is 5. The molecule has 2 aromatic rings. The Kier molecular flexibility index (Phi) is 5.94. The molecule has 0 atom stereocenters. The Morgan fingerprint density at radius 2 is 1.84 bits per heavy atom. The summed E-state index contributed by atoms with van der Waals surface area (Å²) in [5.41, 5.74) is 2.82. The summed E-state index contributed by atoms with van der Waals surface area (Å²) >= 11 is 0. The molecule has 25 heavy (non-hydrogen) atoms. The topological polar surface area (TPSA) is 109 Å². The normalized spacial score (nSPS) is 10.3. The van der Waals surface area contributed by atoms with Crippen LogP contribution in [0, 0.1) is 0 Å². The number of nitrogens with zero attached hydrogens (tertiary/aromatic N) is 1. The summed E-state index contributed by atoms with van der Waals surface area (Å²) in [4.78, 5) is 23.6. The lowest BCUT2D eigenvalue weighted by Gasteiger charge is -2.06. The maximum absolute atomic E-state index is 11.8. The number of para-hydroxylation sites is 1. The van der Waals surface area contributed by atoms with E-state index in [0.29, 0.717) is 17.0 Å². The number of methoxy groups -OCH3 is 2. The van der Waals surface area contributed by atoms with E-state index in [9.17, 15) is 14.7 Å². The van der Waals surface area contributed by atoms with E-state index in [1.54, 1.807) is 42.5 Å². The van der Waals surface area contributed by atoms with Gasteiger partial charge in [0.1, 0.15) is 5.75 Å². The van der Waals surface area contributed by atoms with E-state index in [0.717, 1.165) is 0 Å². The number of carbonyl (C=O) groups excluding carboxylic acids is 2. The molecule has 0 aliphatic carbocycles. The number of benzene rings is 2. The van der Waals surface area contributed by atoms with E-state index >= 15 is 0 Å². The second-order valence-corrected chi connectivity index (χ2v) is 4.78. The van der Waals surface area contributed by atoms with Crippen molar-refractivity contribution in [2.75, 3.05) is 19.5 Å². The van der Waals surface area contributed by atoms with Crippen molar-refractivity contribution in [3.05, 3.63) is 48.0 Å². The van der Waals surface area contributed by atoms with Crippen molar-refractivity contribution in [1.82, 2.24) is 5.43 Å². The highest BCUT2D eigenvalue weighted by molar-refractivity contribution is 6.39. The minimum absolute atomic E-state index is 0.121. The maximum Gasteiger partial charge on any atom is 0.329 e. The molecule has 2 rings (SSSR count).